The Morgan fingerprint density at radius 3 is 2.93 bits per heavy atom. The monoisotopic (exact) mass is 208 g/mol. The first-order valence-corrected chi connectivity index (χ1v) is 4.72. The maximum absolute atomic E-state index is 5.02. The number of rotatable bonds is 4. The third-order valence-electron chi connectivity index (χ3n) is 1.79. The molecule has 0 aliphatic heterocycles. The van der Waals surface area contributed by atoms with Crippen molar-refractivity contribution >= 4 is 0 Å². The van der Waals surface area contributed by atoms with E-state index in [1.807, 2.05) is 0 Å². The van der Waals surface area contributed by atoms with Crippen LogP contribution in [0, 0.1) is 0 Å². The lowest BCUT2D eigenvalue weighted by Crippen LogP contribution is -2.22. The quantitative estimate of drug-likeness (QED) is 0.814. The normalized spacial score (nSPS) is 11.1. The SMILES string of the molecule is CC(C)NCc1noc(-c2ccon2)n1. The highest BCUT2D eigenvalue weighted by atomic mass is 16.5. The first-order chi connectivity index (χ1) is 7.25. The van der Waals surface area contributed by atoms with Gasteiger partial charge in [-0.3, -0.25) is 0 Å². The molecule has 0 aliphatic carbocycles. The van der Waals surface area contributed by atoms with Gasteiger partial charge in [0.05, 0.1) is 6.54 Å². The standard InChI is InChI=1S/C9H12N4O2/c1-6(2)10-5-8-11-9(15-13-8)7-3-4-14-12-7/h3-4,6,10H,5H2,1-2H3. The number of nitrogens with one attached hydrogen (secondary N) is 1. The molecule has 0 amide bonds. The minimum atomic E-state index is 0.379. The van der Waals surface area contributed by atoms with Gasteiger partial charge in [-0.15, -0.1) is 0 Å². The fourth-order valence-electron chi connectivity index (χ4n) is 1.05. The highest BCUT2D eigenvalue weighted by Gasteiger charge is 2.10. The summed E-state index contributed by atoms with van der Waals surface area (Å²) in [7, 11) is 0. The molecular weight excluding hydrogens is 196 g/mol. The molecule has 0 unspecified atom stereocenters. The molecule has 6 nitrogen and oxygen atoms in total. The largest absolute Gasteiger partial charge is 0.364 e. The van der Waals surface area contributed by atoms with Crippen molar-refractivity contribution in [1.29, 1.82) is 0 Å². The summed E-state index contributed by atoms with van der Waals surface area (Å²) in [4.78, 5) is 4.16. The molecule has 0 bridgehead atoms. The van der Waals surface area contributed by atoms with Crippen molar-refractivity contribution in [3.8, 4) is 11.6 Å². The fraction of sp³-hybridized carbons (Fsp3) is 0.444. The van der Waals surface area contributed by atoms with Gasteiger partial charge in [-0.1, -0.05) is 24.2 Å². The van der Waals surface area contributed by atoms with Crippen LogP contribution < -0.4 is 5.32 Å². The molecule has 6 heteroatoms. The Balaban J connectivity index is 2.04. The summed E-state index contributed by atoms with van der Waals surface area (Å²) >= 11 is 0. The van der Waals surface area contributed by atoms with Crippen molar-refractivity contribution in [2.75, 3.05) is 0 Å². The molecule has 0 saturated heterocycles. The van der Waals surface area contributed by atoms with Crippen molar-refractivity contribution in [1.82, 2.24) is 20.6 Å². The smallest absolute Gasteiger partial charge is 0.280 e. The minimum Gasteiger partial charge on any atom is -0.364 e. The van der Waals surface area contributed by atoms with Crippen LogP contribution in [0.1, 0.15) is 19.7 Å². The van der Waals surface area contributed by atoms with E-state index < -0.39 is 0 Å². The lowest BCUT2D eigenvalue weighted by Gasteiger charge is -2.02. The molecular formula is C9H12N4O2. The summed E-state index contributed by atoms with van der Waals surface area (Å²) < 4.78 is 9.70. The van der Waals surface area contributed by atoms with E-state index in [0.717, 1.165) is 0 Å². The minimum absolute atomic E-state index is 0.379. The number of nitrogens with zero attached hydrogens (tertiary/aromatic N) is 3. The van der Waals surface area contributed by atoms with Gasteiger partial charge < -0.3 is 14.4 Å². The van der Waals surface area contributed by atoms with Crippen LogP contribution in [0.5, 0.6) is 0 Å². The first kappa shape index (κ1) is 9.85. The molecule has 0 fully saturated rings. The second-order valence-corrected chi connectivity index (χ2v) is 3.44. The molecule has 2 aromatic rings. The van der Waals surface area contributed by atoms with Crippen LogP contribution in [0.3, 0.4) is 0 Å². The van der Waals surface area contributed by atoms with E-state index in [9.17, 15) is 0 Å². The molecule has 0 aromatic carbocycles. The Bertz CT molecular complexity index is 407. The molecule has 0 spiro atoms. The van der Waals surface area contributed by atoms with Gasteiger partial charge in [0, 0.05) is 12.1 Å². The molecule has 0 atom stereocenters. The van der Waals surface area contributed by atoms with Crippen LogP contribution in [0.25, 0.3) is 11.6 Å². The predicted octanol–water partition coefficient (Wildman–Crippen LogP) is 1.22. The Morgan fingerprint density at radius 2 is 2.27 bits per heavy atom. The average molecular weight is 208 g/mol. The third kappa shape index (κ3) is 2.41. The number of hydrogen-bond acceptors (Lipinski definition) is 6. The van der Waals surface area contributed by atoms with Crippen molar-refractivity contribution < 1.29 is 9.05 Å². The first-order valence-electron chi connectivity index (χ1n) is 4.72. The van der Waals surface area contributed by atoms with Crippen molar-refractivity contribution in [2.45, 2.75) is 26.4 Å². The average Bonchev–Trinajstić information content (AvgIpc) is 2.85. The molecule has 0 saturated carbocycles. The Hall–Kier alpha value is -1.69. The lowest BCUT2D eigenvalue weighted by atomic mass is 10.4. The molecule has 0 aliphatic rings. The van der Waals surface area contributed by atoms with Gasteiger partial charge in [-0.25, -0.2) is 0 Å². The van der Waals surface area contributed by atoms with Gasteiger partial charge in [0.25, 0.3) is 5.89 Å². The molecule has 2 heterocycles. The molecule has 1 N–H and O–H groups in total. The van der Waals surface area contributed by atoms with Crippen LogP contribution in [0.4, 0.5) is 0 Å². The van der Waals surface area contributed by atoms with Crippen LogP contribution in [-0.4, -0.2) is 21.3 Å². The maximum atomic E-state index is 5.02. The van der Waals surface area contributed by atoms with E-state index in [-0.39, 0.29) is 0 Å². The predicted molar refractivity (Wildman–Crippen MR) is 51.8 cm³/mol. The molecule has 15 heavy (non-hydrogen) atoms. The summed E-state index contributed by atoms with van der Waals surface area (Å²) in [5, 5.41) is 10.7. The summed E-state index contributed by atoms with van der Waals surface area (Å²) in [5.41, 5.74) is 0.554. The Morgan fingerprint density at radius 1 is 1.40 bits per heavy atom. The van der Waals surface area contributed by atoms with Gasteiger partial charge in [-0.05, 0) is 0 Å². The summed E-state index contributed by atoms with van der Waals surface area (Å²) in [6.45, 7) is 4.69. The van der Waals surface area contributed by atoms with Gasteiger partial charge in [0.2, 0.25) is 0 Å². The highest BCUT2D eigenvalue weighted by Crippen LogP contribution is 2.13. The summed E-state index contributed by atoms with van der Waals surface area (Å²) in [6.07, 6.45) is 1.46. The van der Waals surface area contributed by atoms with Crippen LogP contribution >= 0.6 is 0 Å². The zero-order valence-electron chi connectivity index (χ0n) is 8.60. The van der Waals surface area contributed by atoms with Crippen LogP contribution in [0.2, 0.25) is 0 Å². The highest BCUT2D eigenvalue weighted by molar-refractivity contribution is 5.43. The Labute approximate surface area is 86.6 Å². The van der Waals surface area contributed by atoms with E-state index in [1.54, 1.807) is 6.07 Å². The van der Waals surface area contributed by atoms with Crippen LogP contribution in [0.15, 0.2) is 21.4 Å². The van der Waals surface area contributed by atoms with E-state index in [4.69, 9.17) is 4.52 Å². The van der Waals surface area contributed by atoms with Crippen LogP contribution in [-0.2, 0) is 6.54 Å². The van der Waals surface area contributed by atoms with E-state index in [2.05, 4.69) is 39.0 Å². The zero-order chi connectivity index (χ0) is 10.7. The van der Waals surface area contributed by atoms with Crippen molar-refractivity contribution in [3.05, 3.63) is 18.2 Å². The lowest BCUT2D eigenvalue weighted by molar-refractivity contribution is 0.399. The molecule has 2 aromatic heterocycles. The van der Waals surface area contributed by atoms with Gasteiger partial charge in [-0.2, -0.15) is 4.98 Å². The topological polar surface area (TPSA) is 77.0 Å². The van der Waals surface area contributed by atoms with E-state index in [0.29, 0.717) is 30.0 Å². The molecule has 2 rings (SSSR count). The zero-order valence-corrected chi connectivity index (χ0v) is 8.60. The summed E-state index contributed by atoms with van der Waals surface area (Å²) in [5.74, 6) is 0.992. The number of aromatic nitrogens is 3. The van der Waals surface area contributed by atoms with Gasteiger partial charge >= 0.3 is 0 Å². The van der Waals surface area contributed by atoms with E-state index >= 15 is 0 Å². The molecule has 80 valence electrons. The van der Waals surface area contributed by atoms with Crippen molar-refractivity contribution in [3.63, 3.8) is 0 Å². The van der Waals surface area contributed by atoms with Crippen molar-refractivity contribution in [2.24, 2.45) is 0 Å². The third-order valence-corrected chi connectivity index (χ3v) is 1.79. The summed E-state index contributed by atoms with van der Waals surface area (Å²) in [6, 6.07) is 2.06. The van der Waals surface area contributed by atoms with Gasteiger partial charge in [0.15, 0.2) is 11.5 Å². The second kappa shape index (κ2) is 4.22. The molecule has 0 radical (unpaired) electrons. The number of hydrogen-bond donors (Lipinski definition) is 1. The Kier molecular flexibility index (Phi) is 2.77. The van der Waals surface area contributed by atoms with Gasteiger partial charge in [0.1, 0.15) is 6.26 Å². The fourth-order valence-corrected chi connectivity index (χ4v) is 1.05. The second-order valence-electron chi connectivity index (χ2n) is 3.44. The van der Waals surface area contributed by atoms with E-state index in [1.165, 1.54) is 6.26 Å². The maximum Gasteiger partial charge on any atom is 0.280 e.